The molecular weight excluding hydrogens is 408 g/mol. The molecule has 0 saturated carbocycles. The van der Waals surface area contributed by atoms with Gasteiger partial charge in [-0.15, -0.1) is 0 Å². The monoisotopic (exact) mass is 430 g/mol. The van der Waals surface area contributed by atoms with Crippen molar-refractivity contribution in [3.05, 3.63) is 73.3 Å². The Labute approximate surface area is 181 Å². The summed E-state index contributed by atoms with van der Waals surface area (Å²) in [5.41, 5.74) is 4.97. The van der Waals surface area contributed by atoms with Crippen LogP contribution in [0.1, 0.15) is 15.3 Å². The van der Waals surface area contributed by atoms with E-state index in [0.717, 1.165) is 33.0 Å². The van der Waals surface area contributed by atoms with Gasteiger partial charge in [0.15, 0.2) is 15.5 Å². The van der Waals surface area contributed by atoms with Crippen LogP contribution in [0.3, 0.4) is 0 Å². The molecule has 0 radical (unpaired) electrons. The smallest absolute Gasteiger partial charge is 0.180 e. The van der Waals surface area contributed by atoms with E-state index < -0.39 is 15.1 Å². The first-order chi connectivity index (χ1) is 14.9. The Bertz CT molecular complexity index is 1520. The van der Waals surface area contributed by atoms with Crippen LogP contribution in [0.4, 0.5) is 0 Å². The third-order valence-electron chi connectivity index (χ3n) is 5.45. The van der Waals surface area contributed by atoms with E-state index in [0.29, 0.717) is 16.2 Å². The van der Waals surface area contributed by atoms with Gasteiger partial charge in [0.25, 0.3) is 0 Å². The van der Waals surface area contributed by atoms with Gasteiger partial charge >= 0.3 is 0 Å². The lowest BCUT2D eigenvalue weighted by molar-refractivity contribution is 0.587. The summed E-state index contributed by atoms with van der Waals surface area (Å²) in [4.78, 5) is 17.1. The van der Waals surface area contributed by atoms with E-state index >= 15 is 0 Å². The molecule has 7 heteroatoms. The van der Waals surface area contributed by atoms with Crippen molar-refractivity contribution in [1.82, 2.24) is 19.9 Å². The van der Waals surface area contributed by atoms with Gasteiger partial charge in [-0.2, -0.15) is 0 Å². The highest BCUT2D eigenvalue weighted by atomic mass is 32.2. The molecule has 5 rings (SSSR count). The van der Waals surface area contributed by atoms with E-state index in [1.807, 2.05) is 30.6 Å². The van der Waals surface area contributed by atoms with Gasteiger partial charge in [0, 0.05) is 36.5 Å². The van der Waals surface area contributed by atoms with Crippen molar-refractivity contribution in [2.45, 2.75) is 24.0 Å². The SMILES string of the molecule is CC(C)S(=O)(=O)c1ccc(-c2cnc3[nH]cc(-c4cccc5cnccc45)c3n2)cc1.[HH]. The molecule has 0 saturated heterocycles. The lowest BCUT2D eigenvalue weighted by atomic mass is 10.0. The fourth-order valence-corrected chi connectivity index (χ4v) is 4.74. The summed E-state index contributed by atoms with van der Waals surface area (Å²) in [6.07, 6.45) is 7.24. The number of sulfone groups is 1. The number of benzene rings is 2. The maximum Gasteiger partial charge on any atom is 0.180 e. The Morgan fingerprint density at radius 1 is 0.968 bits per heavy atom. The number of nitrogens with one attached hydrogen (secondary N) is 1. The Morgan fingerprint density at radius 2 is 1.77 bits per heavy atom. The Morgan fingerprint density at radius 3 is 2.55 bits per heavy atom. The number of rotatable bonds is 4. The van der Waals surface area contributed by atoms with Crippen molar-refractivity contribution < 1.29 is 9.84 Å². The maximum atomic E-state index is 12.4. The standard InChI is InChI=1S/C24H20N4O2S.H2/c1-15(2)31(29,30)18-8-6-16(7-9-18)22-14-27-24-23(28-22)21(13-26-24)20-5-3-4-17-12-25-11-10-19(17)20;/h3-15H,1-2H3,(H,26,27);1H. The average Bonchev–Trinajstić information content (AvgIpc) is 3.21. The van der Waals surface area contributed by atoms with E-state index in [1.165, 1.54) is 0 Å². The van der Waals surface area contributed by atoms with Gasteiger partial charge in [-0.25, -0.2) is 18.4 Å². The molecule has 2 aromatic carbocycles. The fourth-order valence-electron chi connectivity index (χ4n) is 3.68. The van der Waals surface area contributed by atoms with E-state index in [4.69, 9.17) is 4.98 Å². The Kier molecular flexibility index (Phi) is 4.55. The van der Waals surface area contributed by atoms with E-state index in [9.17, 15) is 8.42 Å². The number of fused-ring (bicyclic) bond motifs is 2. The van der Waals surface area contributed by atoms with Crippen LogP contribution in [0.15, 0.2) is 78.2 Å². The molecule has 156 valence electrons. The quantitative estimate of drug-likeness (QED) is 0.420. The van der Waals surface area contributed by atoms with Gasteiger partial charge < -0.3 is 4.98 Å². The number of aromatic amines is 1. The molecule has 0 spiro atoms. The Balaban J connectivity index is 0.00000245. The third kappa shape index (κ3) is 3.27. The van der Waals surface area contributed by atoms with Crippen LogP contribution in [-0.4, -0.2) is 33.6 Å². The van der Waals surface area contributed by atoms with E-state index in [2.05, 4.69) is 21.0 Å². The van der Waals surface area contributed by atoms with E-state index in [1.54, 1.807) is 50.5 Å². The molecule has 0 aliphatic rings. The molecule has 0 unspecified atom stereocenters. The van der Waals surface area contributed by atoms with Crippen molar-refractivity contribution in [3.8, 4) is 22.4 Å². The summed E-state index contributed by atoms with van der Waals surface area (Å²) in [7, 11) is -3.31. The average molecular weight is 431 g/mol. The molecule has 31 heavy (non-hydrogen) atoms. The van der Waals surface area contributed by atoms with Crippen molar-refractivity contribution in [3.63, 3.8) is 0 Å². The van der Waals surface area contributed by atoms with Gasteiger partial charge in [-0.3, -0.25) is 4.98 Å². The number of pyridine rings is 1. The first-order valence-corrected chi connectivity index (χ1v) is 11.5. The highest BCUT2D eigenvalue weighted by Crippen LogP contribution is 2.33. The highest BCUT2D eigenvalue weighted by Gasteiger charge is 2.19. The summed E-state index contributed by atoms with van der Waals surface area (Å²) in [5.74, 6) is 0. The first kappa shape index (κ1) is 19.4. The fraction of sp³-hybridized carbons (Fsp3) is 0.125. The number of nitrogens with zero attached hydrogens (tertiary/aromatic N) is 3. The van der Waals surface area contributed by atoms with Crippen molar-refractivity contribution >= 4 is 31.8 Å². The molecular formula is C24H22N4O2S. The molecule has 0 amide bonds. The molecule has 0 fully saturated rings. The number of hydrogen-bond donors (Lipinski definition) is 1. The van der Waals surface area contributed by atoms with Gasteiger partial charge in [0.2, 0.25) is 0 Å². The summed E-state index contributed by atoms with van der Waals surface area (Å²) in [6, 6.07) is 14.9. The minimum atomic E-state index is -3.31. The molecule has 1 N–H and O–H groups in total. The minimum absolute atomic E-state index is 0. The number of aromatic nitrogens is 4. The zero-order valence-corrected chi connectivity index (χ0v) is 17.9. The third-order valence-corrected chi connectivity index (χ3v) is 7.62. The Hall–Kier alpha value is -3.58. The molecule has 0 atom stereocenters. The zero-order chi connectivity index (χ0) is 21.6. The molecule has 6 nitrogen and oxygen atoms in total. The van der Waals surface area contributed by atoms with Gasteiger partial charge in [0.1, 0.15) is 5.52 Å². The largest absolute Gasteiger partial charge is 0.344 e. The molecule has 0 bridgehead atoms. The second-order valence-electron chi connectivity index (χ2n) is 7.68. The maximum absolute atomic E-state index is 12.4. The van der Waals surface area contributed by atoms with Gasteiger partial charge in [-0.05, 0) is 43.0 Å². The van der Waals surface area contributed by atoms with Crippen LogP contribution in [0.5, 0.6) is 0 Å². The van der Waals surface area contributed by atoms with Gasteiger partial charge in [0.05, 0.1) is 22.0 Å². The topological polar surface area (TPSA) is 88.6 Å². The van der Waals surface area contributed by atoms with Gasteiger partial charge in [-0.1, -0.05) is 30.3 Å². The van der Waals surface area contributed by atoms with E-state index in [-0.39, 0.29) is 1.43 Å². The normalized spacial score (nSPS) is 12.1. The number of H-pyrrole nitrogens is 1. The van der Waals surface area contributed by atoms with Crippen molar-refractivity contribution in [1.29, 1.82) is 0 Å². The predicted octanol–water partition coefficient (Wildman–Crippen LogP) is 5.27. The molecule has 3 heterocycles. The molecule has 0 aliphatic carbocycles. The lowest BCUT2D eigenvalue weighted by Crippen LogP contribution is -2.13. The van der Waals surface area contributed by atoms with Crippen LogP contribution < -0.4 is 0 Å². The second-order valence-corrected chi connectivity index (χ2v) is 10.2. The summed E-state index contributed by atoms with van der Waals surface area (Å²) in [6.45, 7) is 3.36. The highest BCUT2D eigenvalue weighted by molar-refractivity contribution is 7.92. The first-order valence-electron chi connectivity index (χ1n) is 9.97. The molecule has 5 aromatic rings. The predicted molar refractivity (Wildman–Crippen MR) is 124 cm³/mol. The van der Waals surface area contributed by atoms with Crippen LogP contribution in [0.2, 0.25) is 0 Å². The number of hydrogen-bond acceptors (Lipinski definition) is 5. The molecule has 0 aliphatic heterocycles. The molecule has 3 aromatic heterocycles. The summed E-state index contributed by atoms with van der Waals surface area (Å²) < 4.78 is 24.8. The van der Waals surface area contributed by atoms with Crippen molar-refractivity contribution in [2.24, 2.45) is 0 Å². The minimum Gasteiger partial charge on any atom is -0.344 e. The zero-order valence-electron chi connectivity index (χ0n) is 17.1. The van der Waals surface area contributed by atoms with Crippen LogP contribution >= 0.6 is 0 Å². The summed E-state index contributed by atoms with van der Waals surface area (Å²) in [5, 5.41) is 1.68. The van der Waals surface area contributed by atoms with Crippen LogP contribution in [0, 0.1) is 0 Å². The lowest BCUT2D eigenvalue weighted by Gasteiger charge is -2.09. The summed E-state index contributed by atoms with van der Waals surface area (Å²) >= 11 is 0. The van der Waals surface area contributed by atoms with Crippen LogP contribution in [-0.2, 0) is 9.84 Å². The van der Waals surface area contributed by atoms with Crippen LogP contribution in [0.25, 0.3) is 44.3 Å². The second kappa shape index (κ2) is 7.28. The van der Waals surface area contributed by atoms with Crippen molar-refractivity contribution in [2.75, 3.05) is 0 Å².